The smallest absolute Gasteiger partial charge is 0.277 e. The van der Waals surface area contributed by atoms with E-state index in [0.29, 0.717) is 28.2 Å². The monoisotopic (exact) mass is 402 g/mol. The fourth-order valence-electron chi connectivity index (χ4n) is 3.38. The standard InChI is InChI=1S/C18H18N4O5S/c1-9-14(17-15-11(8-27-17)7-20-10(2)16(15)23)18(24)22(21-9)12-3-5-13(6-4-12)28(19,25)26/h3-7,17,21,23H,8H2,1-2H3,(H2,19,25,26). The minimum atomic E-state index is -3.82. The predicted octanol–water partition coefficient (Wildman–Crippen LogP) is 1.15. The lowest BCUT2D eigenvalue weighted by Crippen LogP contribution is -2.20. The zero-order valence-corrected chi connectivity index (χ0v) is 15.9. The Morgan fingerprint density at radius 2 is 1.93 bits per heavy atom. The van der Waals surface area contributed by atoms with Gasteiger partial charge in [-0.15, -0.1) is 0 Å². The molecule has 0 spiro atoms. The molecule has 1 atom stereocenters. The van der Waals surface area contributed by atoms with Crippen LogP contribution in [0.3, 0.4) is 0 Å². The van der Waals surface area contributed by atoms with Gasteiger partial charge in [-0.05, 0) is 38.1 Å². The van der Waals surface area contributed by atoms with Crippen molar-refractivity contribution in [3.8, 4) is 11.4 Å². The summed E-state index contributed by atoms with van der Waals surface area (Å²) < 4.78 is 29.9. The molecule has 4 N–H and O–H groups in total. The summed E-state index contributed by atoms with van der Waals surface area (Å²) in [4.78, 5) is 17.2. The third-order valence-electron chi connectivity index (χ3n) is 4.83. The first-order valence-corrected chi connectivity index (χ1v) is 9.97. The van der Waals surface area contributed by atoms with Gasteiger partial charge in [-0.3, -0.25) is 14.9 Å². The van der Waals surface area contributed by atoms with E-state index in [4.69, 9.17) is 9.88 Å². The van der Waals surface area contributed by atoms with E-state index in [-0.39, 0.29) is 22.8 Å². The molecule has 0 radical (unpaired) electrons. The molecule has 0 bridgehead atoms. The van der Waals surface area contributed by atoms with Crippen LogP contribution in [0.4, 0.5) is 0 Å². The summed E-state index contributed by atoms with van der Waals surface area (Å²) in [6.07, 6.45) is 0.919. The van der Waals surface area contributed by atoms with Crippen LogP contribution in [0, 0.1) is 13.8 Å². The average Bonchev–Trinajstić information content (AvgIpc) is 3.18. The van der Waals surface area contributed by atoms with Crippen molar-refractivity contribution >= 4 is 10.0 Å². The predicted molar refractivity (Wildman–Crippen MR) is 99.8 cm³/mol. The van der Waals surface area contributed by atoms with E-state index in [2.05, 4.69) is 10.1 Å². The van der Waals surface area contributed by atoms with Crippen LogP contribution in [0.15, 0.2) is 40.2 Å². The largest absolute Gasteiger partial charge is 0.506 e. The average molecular weight is 402 g/mol. The number of sulfonamides is 1. The van der Waals surface area contributed by atoms with Crippen LogP contribution >= 0.6 is 0 Å². The van der Waals surface area contributed by atoms with Gasteiger partial charge in [0, 0.05) is 23.0 Å². The number of aryl methyl sites for hydroxylation is 2. The van der Waals surface area contributed by atoms with Crippen LogP contribution in [0.1, 0.15) is 34.2 Å². The van der Waals surface area contributed by atoms with Gasteiger partial charge in [0.15, 0.2) is 0 Å². The Labute approximate surface area is 160 Å². The van der Waals surface area contributed by atoms with Crippen molar-refractivity contribution in [2.75, 3.05) is 0 Å². The molecular formula is C18H18N4O5S. The van der Waals surface area contributed by atoms with Gasteiger partial charge in [-0.25, -0.2) is 18.2 Å². The van der Waals surface area contributed by atoms with E-state index in [9.17, 15) is 18.3 Å². The number of aromatic nitrogens is 3. The van der Waals surface area contributed by atoms with Crippen LogP contribution in [0.2, 0.25) is 0 Å². The molecule has 1 unspecified atom stereocenters. The highest BCUT2D eigenvalue weighted by Gasteiger charge is 2.34. The number of fused-ring (bicyclic) bond motifs is 1. The molecule has 3 heterocycles. The van der Waals surface area contributed by atoms with Crippen molar-refractivity contribution in [1.82, 2.24) is 14.8 Å². The Kier molecular flexibility index (Phi) is 4.14. The number of ether oxygens (including phenoxy) is 1. The Morgan fingerprint density at radius 3 is 2.57 bits per heavy atom. The third kappa shape index (κ3) is 2.82. The first kappa shape index (κ1) is 18.4. The number of pyridine rings is 1. The van der Waals surface area contributed by atoms with E-state index in [1.807, 2.05) is 0 Å². The van der Waals surface area contributed by atoms with E-state index < -0.39 is 16.1 Å². The fraction of sp³-hybridized carbons (Fsp3) is 0.222. The highest BCUT2D eigenvalue weighted by Crippen LogP contribution is 2.41. The minimum absolute atomic E-state index is 0.0176. The molecule has 0 aliphatic carbocycles. The van der Waals surface area contributed by atoms with E-state index in [0.717, 1.165) is 5.56 Å². The summed E-state index contributed by atoms with van der Waals surface area (Å²) in [5.74, 6) is 0.0176. The number of aromatic hydroxyl groups is 1. The summed E-state index contributed by atoms with van der Waals surface area (Å²) >= 11 is 0. The lowest BCUT2D eigenvalue weighted by molar-refractivity contribution is 0.0918. The van der Waals surface area contributed by atoms with Crippen LogP contribution in [-0.4, -0.2) is 28.3 Å². The Bertz CT molecular complexity index is 1240. The van der Waals surface area contributed by atoms with Gasteiger partial charge in [-0.2, -0.15) is 0 Å². The van der Waals surface area contributed by atoms with Crippen molar-refractivity contribution in [3.63, 3.8) is 0 Å². The van der Waals surface area contributed by atoms with Crippen molar-refractivity contribution < 1.29 is 18.3 Å². The molecule has 1 aliphatic rings. The number of rotatable bonds is 3. The lowest BCUT2D eigenvalue weighted by Gasteiger charge is -2.12. The van der Waals surface area contributed by atoms with E-state index in [1.54, 1.807) is 20.0 Å². The number of nitrogens with two attached hydrogens (primary N) is 1. The fourth-order valence-corrected chi connectivity index (χ4v) is 3.89. The number of benzene rings is 1. The molecule has 4 rings (SSSR count). The SMILES string of the molecule is Cc1ncc2c(c1O)C(c1c(C)[nH]n(-c3ccc(S(N)(=O)=O)cc3)c1=O)OC2. The van der Waals surface area contributed by atoms with Gasteiger partial charge < -0.3 is 9.84 Å². The summed E-state index contributed by atoms with van der Waals surface area (Å²) in [6.45, 7) is 3.66. The second-order valence-corrected chi connectivity index (χ2v) is 8.21. The highest BCUT2D eigenvalue weighted by molar-refractivity contribution is 7.89. The van der Waals surface area contributed by atoms with Gasteiger partial charge in [0.25, 0.3) is 5.56 Å². The first-order valence-electron chi connectivity index (χ1n) is 8.42. The van der Waals surface area contributed by atoms with Crippen LogP contribution < -0.4 is 10.7 Å². The molecule has 0 saturated carbocycles. The van der Waals surface area contributed by atoms with Crippen LogP contribution in [-0.2, 0) is 21.4 Å². The normalized spacial score (nSPS) is 16.3. The first-order chi connectivity index (χ1) is 13.2. The Morgan fingerprint density at radius 1 is 1.25 bits per heavy atom. The van der Waals surface area contributed by atoms with Gasteiger partial charge in [0.1, 0.15) is 11.9 Å². The lowest BCUT2D eigenvalue weighted by atomic mass is 9.99. The van der Waals surface area contributed by atoms with Gasteiger partial charge in [0.05, 0.1) is 28.4 Å². The molecular weight excluding hydrogens is 384 g/mol. The highest BCUT2D eigenvalue weighted by atomic mass is 32.2. The van der Waals surface area contributed by atoms with Crippen molar-refractivity contribution in [2.24, 2.45) is 5.14 Å². The zero-order valence-electron chi connectivity index (χ0n) is 15.1. The number of primary sulfonamides is 1. The molecule has 1 aromatic carbocycles. The molecule has 146 valence electrons. The van der Waals surface area contributed by atoms with Gasteiger partial charge >= 0.3 is 0 Å². The Hall–Kier alpha value is -2.95. The molecule has 0 fully saturated rings. The number of aromatic amines is 1. The third-order valence-corrected chi connectivity index (χ3v) is 5.76. The topological polar surface area (TPSA) is 140 Å². The number of hydrogen-bond donors (Lipinski definition) is 3. The number of nitrogens with one attached hydrogen (secondary N) is 1. The molecule has 9 nitrogen and oxygen atoms in total. The van der Waals surface area contributed by atoms with E-state index in [1.165, 1.54) is 28.9 Å². The second kappa shape index (κ2) is 6.30. The van der Waals surface area contributed by atoms with Crippen molar-refractivity contribution in [2.45, 2.75) is 31.5 Å². The molecule has 0 saturated heterocycles. The number of nitrogens with zero attached hydrogens (tertiary/aromatic N) is 2. The molecule has 10 heteroatoms. The molecule has 3 aromatic rings. The maximum Gasteiger partial charge on any atom is 0.277 e. The van der Waals surface area contributed by atoms with Crippen molar-refractivity contribution in [3.05, 3.63) is 68.9 Å². The molecule has 28 heavy (non-hydrogen) atoms. The van der Waals surface area contributed by atoms with Crippen LogP contribution in [0.25, 0.3) is 5.69 Å². The summed E-state index contributed by atoms with van der Waals surface area (Å²) in [7, 11) is -3.82. The van der Waals surface area contributed by atoms with E-state index >= 15 is 0 Å². The molecule has 2 aromatic heterocycles. The van der Waals surface area contributed by atoms with Crippen LogP contribution in [0.5, 0.6) is 5.75 Å². The quantitative estimate of drug-likeness (QED) is 0.600. The Balaban J connectivity index is 1.81. The second-order valence-electron chi connectivity index (χ2n) is 6.65. The zero-order chi connectivity index (χ0) is 20.2. The maximum absolute atomic E-state index is 13.1. The summed E-state index contributed by atoms with van der Waals surface area (Å²) in [5.41, 5.74) is 2.78. The van der Waals surface area contributed by atoms with Crippen molar-refractivity contribution in [1.29, 1.82) is 0 Å². The summed E-state index contributed by atoms with van der Waals surface area (Å²) in [6, 6.07) is 5.62. The maximum atomic E-state index is 13.1. The minimum Gasteiger partial charge on any atom is -0.506 e. The number of hydrogen-bond acceptors (Lipinski definition) is 6. The number of H-pyrrole nitrogens is 1. The van der Waals surface area contributed by atoms with Gasteiger partial charge in [0.2, 0.25) is 10.0 Å². The summed E-state index contributed by atoms with van der Waals surface area (Å²) in [5, 5.41) is 18.5. The molecule has 0 amide bonds. The molecule has 1 aliphatic heterocycles. The van der Waals surface area contributed by atoms with Gasteiger partial charge in [-0.1, -0.05) is 0 Å².